The Morgan fingerprint density at radius 3 is 2.78 bits per heavy atom. The van der Waals surface area contributed by atoms with Crippen molar-refractivity contribution in [1.29, 1.82) is 0 Å². The molecule has 1 unspecified atom stereocenters. The summed E-state index contributed by atoms with van der Waals surface area (Å²) in [6.45, 7) is 10.0. The average molecular weight is 247 g/mol. The summed E-state index contributed by atoms with van der Waals surface area (Å²) in [6.07, 6.45) is 1.78. The van der Waals surface area contributed by atoms with Crippen LogP contribution in [-0.2, 0) is 0 Å². The summed E-state index contributed by atoms with van der Waals surface area (Å²) >= 11 is 0. The molecule has 1 fully saturated rings. The van der Waals surface area contributed by atoms with Crippen LogP contribution in [0, 0.1) is 12.3 Å². The van der Waals surface area contributed by atoms with Gasteiger partial charge in [-0.3, -0.25) is 0 Å². The number of aliphatic hydroxyl groups is 1. The summed E-state index contributed by atoms with van der Waals surface area (Å²) < 4.78 is 0. The summed E-state index contributed by atoms with van der Waals surface area (Å²) in [5, 5.41) is 10.2. The van der Waals surface area contributed by atoms with Crippen molar-refractivity contribution in [3.63, 3.8) is 0 Å². The summed E-state index contributed by atoms with van der Waals surface area (Å²) in [4.78, 5) is 2.47. The molecular formula is C16H25NO. The minimum atomic E-state index is -0.325. The van der Waals surface area contributed by atoms with Gasteiger partial charge in [-0.25, -0.2) is 0 Å². The molecule has 1 aromatic carbocycles. The molecule has 1 aromatic rings. The minimum absolute atomic E-state index is 0.325. The second-order valence-corrected chi connectivity index (χ2v) is 6.41. The van der Waals surface area contributed by atoms with Crippen molar-refractivity contribution in [2.75, 3.05) is 19.6 Å². The fourth-order valence-electron chi connectivity index (χ4n) is 2.76. The summed E-state index contributed by atoms with van der Waals surface area (Å²) in [5.74, 6) is 0. The lowest BCUT2D eigenvalue weighted by molar-refractivity contribution is 0.146. The Labute approximate surface area is 111 Å². The largest absolute Gasteiger partial charge is 0.388 e. The molecule has 0 radical (unpaired) electrons. The molecule has 1 saturated heterocycles. The zero-order valence-corrected chi connectivity index (χ0v) is 11.8. The molecule has 0 bridgehead atoms. The number of aliphatic hydroxyl groups excluding tert-OH is 1. The van der Waals surface area contributed by atoms with E-state index in [4.69, 9.17) is 0 Å². The highest BCUT2D eigenvalue weighted by Gasteiger charge is 2.28. The fourth-order valence-corrected chi connectivity index (χ4v) is 2.76. The highest BCUT2D eigenvalue weighted by molar-refractivity contribution is 5.23. The van der Waals surface area contributed by atoms with Crippen LogP contribution in [0.1, 0.15) is 43.9 Å². The smallest absolute Gasteiger partial charge is 0.0802 e. The Morgan fingerprint density at radius 2 is 2.17 bits per heavy atom. The van der Waals surface area contributed by atoms with Crippen LogP contribution in [0.25, 0.3) is 0 Å². The molecule has 1 aliphatic rings. The number of aryl methyl sites for hydroxylation is 1. The minimum Gasteiger partial charge on any atom is -0.388 e. The molecule has 1 N–H and O–H groups in total. The Hall–Kier alpha value is -0.860. The molecule has 2 heteroatoms. The van der Waals surface area contributed by atoms with Crippen LogP contribution in [0.2, 0.25) is 0 Å². The Morgan fingerprint density at radius 1 is 1.39 bits per heavy atom. The third-order valence-electron chi connectivity index (χ3n) is 3.90. The maximum atomic E-state index is 10.2. The van der Waals surface area contributed by atoms with E-state index in [1.807, 2.05) is 12.1 Å². The lowest BCUT2D eigenvalue weighted by Crippen LogP contribution is -2.25. The maximum absolute atomic E-state index is 10.2. The van der Waals surface area contributed by atoms with Crippen molar-refractivity contribution in [2.45, 2.75) is 39.7 Å². The lowest BCUT2D eigenvalue weighted by Gasteiger charge is -2.21. The van der Waals surface area contributed by atoms with E-state index < -0.39 is 0 Å². The highest BCUT2D eigenvalue weighted by atomic mass is 16.3. The normalized spacial score (nSPS) is 21.1. The molecule has 2 rings (SSSR count). The van der Waals surface area contributed by atoms with Crippen molar-refractivity contribution in [3.8, 4) is 0 Å². The quantitative estimate of drug-likeness (QED) is 0.883. The molecule has 0 amide bonds. The van der Waals surface area contributed by atoms with Gasteiger partial charge in [0.1, 0.15) is 0 Å². The number of likely N-dealkylation sites (tertiary alicyclic amines) is 1. The molecule has 1 atom stereocenters. The van der Waals surface area contributed by atoms with E-state index in [2.05, 4.69) is 37.8 Å². The monoisotopic (exact) mass is 247 g/mol. The molecule has 0 saturated carbocycles. The van der Waals surface area contributed by atoms with Gasteiger partial charge in [0.2, 0.25) is 0 Å². The van der Waals surface area contributed by atoms with E-state index in [-0.39, 0.29) is 6.10 Å². The van der Waals surface area contributed by atoms with Crippen molar-refractivity contribution >= 4 is 0 Å². The summed E-state index contributed by atoms with van der Waals surface area (Å²) in [7, 11) is 0. The van der Waals surface area contributed by atoms with Crippen molar-refractivity contribution in [3.05, 3.63) is 35.4 Å². The van der Waals surface area contributed by atoms with E-state index in [1.54, 1.807) is 0 Å². The predicted octanol–water partition coefficient (Wildman–Crippen LogP) is 3.15. The molecule has 2 nitrogen and oxygen atoms in total. The van der Waals surface area contributed by atoms with Gasteiger partial charge in [-0.05, 0) is 37.3 Å². The third-order valence-corrected chi connectivity index (χ3v) is 3.90. The first-order valence-electron chi connectivity index (χ1n) is 6.93. The SMILES string of the molecule is Cc1cccc(C(O)CCN2CCC(C)(C)C2)c1. The van der Waals surface area contributed by atoms with E-state index >= 15 is 0 Å². The number of hydrogen-bond acceptors (Lipinski definition) is 2. The van der Waals surface area contributed by atoms with Gasteiger partial charge >= 0.3 is 0 Å². The molecule has 100 valence electrons. The molecule has 0 spiro atoms. The van der Waals surface area contributed by atoms with Gasteiger partial charge in [0.05, 0.1) is 6.10 Å². The number of hydrogen-bond donors (Lipinski definition) is 1. The van der Waals surface area contributed by atoms with Crippen molar-refractivity contribution < 1.29 is 5.11 Å². The summed E-state index contributed by atoms with van der Waals surface area (Å²) in [6, 6.07) is 8.19. The van der Waals surface area contributed by atoms with E-state index in [9.17, 15) is 5.11 Å². The fraction of sp³-hybridized carbons (Fsp3) is 0.625. The van der Waals surface area contributed by atoms with Crippen molar-refractivity contribution in [1.82, 2.24) is 4.90 Å². The van der Waals surface area contributed by atoms with Crippen LogP contribution in [-0.4, -0.2) is 29.6 Å². The van der Waals surface area contributed by atoms with Gasteiger partial charge in [0.25, 0.3) is 0 Å². The Balaban J connectivity index is 1.84. The maximum Gasteiger partial charge on any atom is 0.0802 e. The molecular weight excluding hydrogens is 222 g/mol. The van der Waals surface area contributed by atoms with Gasteiger partial charge < -0.3 is 10.0 Å². The number of rotatable bonds is 4. The van der Waals surface area contributed by atoms with Gasteiger partial charge in [-0.15, -0.1) is 0 Å². The average Bonchev–Trinajstić information content (AvgIpc) is 2.66. The van der Waals surface area contributed by atoms with Crippen LogP contribution >= 0.6 is 0 Å². The zero-order chi connectivity index (χ0) is 13.2. The van der Waals surface area contributed by atoms with Crippen LogP contribution in [0.15, 0.2) is 24.3 Å². The van der Waals surface area contributed by atoms with E-state index in [0.29, 0.717) is 5.41 Å². The first kappa shape index (κ1) is 13.6. The Kier molecular flexibility index (Phi) is 4.08. The van der Waals surface area contributed by atoms with Crippen LogP contribution < -0.4 is 0 Å². The zero-order valence-electron chi connectivity index (χ0n) is 11.8. The number of nitrogens with zero attached hydrogens (tertiary/aromatic N) is 1. The molecule has 18 heavy (non-hydrogen) atoms. The van der Waals surface area contributed by atoms with Crippen LogP contribution in [0.3, 0.4) is 0 Å². The molecule has 0 aliphatic carbocycles. The van der Waals surface area contributed by atoms with Gasteiger partial charge in [-0.1, -0.05) is 43.7 Å². The first-order valence-corrected chi connectivity index (χ1v) is 6.93. The second-order valence-electron chi connectivity index (χ2n) is 6.41. The topological polar surface area (TPSA) is 23.5 Å². The molecule has 1 aliphatic heterocycles. The first-order chi connectivity index (χ1) is 8.46. The second kappa shape index (κ2) is 5.41. The molecule has 0 aromatic heterocycles. The number of benzene rings is 1. The molecule has 1 heterocycles. The lowest BCUT2D eigenvalue weighted by atomic mass is 9.93. The van der Waals surface area contributed by atoms with Crippen LogP contribution in [0.4, 0.5) is 0 Å². The standard InChI is InChI=1S/C16H25NO/c1-13-5-4-6-14(11-13)15(18)7-9-17-10-8-16(2,3)12-17/h4-6,11,15,18H,7-10,12H2,1-3H3. The van der Waals surface area contributed by atoms with Crippen molar-refractivity contribution in [2.24, 2.45) is 5.41 Å². The van der Waals surface area contributed by atoms with E-state index in [1.165, 1.54) is 18.5 Å². The van der Waals surface area contributed by atoms with Gasteiger partial charge in [-0.2, -0.15) is 0 Å². The predicted molar refractivity (Wildman–Crippen MR) is 75.6 cm³/mol. The van der Waals surface area contributed by atoms with Gasteiger partial charge in [0.15, 0.2) is 0 Å². The van der Waals surface area contributed by atoms with Gasteiger partial charge in [0, 0.05) is 13.1 Å². The Bertz CT molecular complexity index is 400. The summed E-state index contributed by atoms with van der Waals surface area (Å²) in [5.41, 5.74) is 2.72. The van der Waals surface area contributed by atoms with E-state index in [0.717, 1.165) is 25.1 Å². The van der Waals surface area contributed by atoms with Crippen LogP contribution in [0.5, 0.6) is 0 Å². The third kappa shape index (κ3) is 3.56. The highest BCUT2D eigenvalue weighted by Crippen LogP contribution is 2.29.